The molecule has 6 aliphatic carbocycles. The van der Waals surface area contributed by atoms with Gasteiger partial charge >= 0.3 is 0 Å². The fraction of sp³-hybridized carbons (Fsp3) is 0.579. The Balaban J connectivity index is 1.19. The van der Waals surface area contributed by atoms with Crippen LogP contribution in [0.4, 0.5) is 0 Å². The van der Waals surface area contributed by atoms with Crippen LogP contribution in [0.2, 0.25) is 0 Å². The van der Waals surface area contributed by atoms with Gasteiger partial charge in [0.15, 0.2) is 0 Å². The first-order valence-electron chi connectivity index (χ1n) is 33.6. The first-order valence-corrected chi connectivity index (χ1v) is 33.6. The van der Waals surface area contributed by atoms with Crippen LogP contribution in [0.3, 0.4) is 0 Å². The molecule has 0 spiro atoms. The van der Waals surface area contributed by atoms with E-state index in [1.165, 1.54) is 246 Å². The highest BCUT2D eigenvalue weighted by atomic mass is 16.5. The van der Waals surface area contributed by atoms with Crippen molar-refractivity contribution in [2.24, 2.45) is 0 Å². The van der Waals surface area contributed by atoms with Gasteiger partial charge in [0, 0.05) is 67.5 Å². The second kappa shape index (κ2) is 32.0. The number of benzene rings is 6. The van der Waals surface area contributed by atoms with Crippen LogP contribution < -0.4 is 18.9 Å². The van der Waals surface area contributed by atoms with E-state index in [0.29, 0.717) is 26.4 Å². The quantitative estimate of drug-likeness (QED) is 0.0359. The minimum Gasteiger partial charge on any atom is -0.493 e. The molecular weight excluding hydrogens is 977 g/mol. The van der Waals surface area contributed by atoms with Crippen molar-refractivity contribution in [3.63, 3.8) is 0 Å². The molecule has 4 heteroatoms. The number of hydrogen-bond acceptors (Lipinski definition) is 4. The average Bonchev–Trinajstić information content (AvgIpc) is 2.35. The minimum absolute atomic E-state index is 0.0607. The summed E-state index contributed by atoms with van der Waals surface area (Å²) in [5, 5.41) is 4.74. The summed E-state index contributed by atoms with van der Waals surface area (Å²) in [5.74, 6) is 4.04. The van der Waals surface area contributed by atoms with Gasteiger partial charge in [-0.15, -0.1) is 0 Å². The van der Waals surface area contributed by atoms with E-state index >= 15 is 0 Å². The van der Waals surface area contributed by atoms with Crippen LogP contribution in [0.25, 0.3) is 21.5 Å². The highest BCUT2D eigenvalue weighted by Gasteiger charge is 2.55. The molecule has 12 rings (SSSR count). The third kappa shape index (κ3) is 14.3. The van der Waals surface area contributed by atoms with Gasteiger partial charge < -0.3 is 18.9 Å². The Morgan fingerprint density at radius 2 is 0.400 bits per heavy atom. The molecule has 432 valence electrons. The van der Waals surface area contributed by atoms with Crippen LogP contribution in [-0.4, -0.2) is 26.4 Å². The SMILES string of the molecule is CCCCCCCCCCOc1c2c(c(OCCCCCCCCCC)c3ccccc13)[C@@H]1c3ccccc3[C@H]2[C@H]2c3ccccc3[C@@H]1c1c2c(OCCCCCCCCCC)c2ccccc2c1OCCCCCCCCCC. The van der Waals surface area contributed by atoms with E-state index in [-0.39, 0.29) is 23.7 Å². The standard InChI is InChI=1S/C76H104O4/c1-5-9-13-17-21-25-29-41-53-77-73-61-49-37-38-50-62(61)74(78-54-42-30-26-22-18-14-10-6-2)70-67-58-46-34-33-45-57(58)65(69(70)73)66-59-47-35-36-48-60(59)68(67)72-71(66)75(79-55-43-31-27-23-19-15-11-7-3)63-51-39-40-52-64(63)76(72)80-56-44-32-28-24-20-16-12-8-4/h33-40,45-52,65-68H,5-32,41-44,53-56H2,1-4H3/t65-,66+,67+,68-. The van der Waals surface area contributed by atoms with E-state index in [2.05, 4.69) is 125 Å². The number of fused-ring (bicyclic) bond motifs is 2. The Bertz CT molecular complexity index is 2430. The molecule has 0 fully saturated rings. The minimum atomic E-state index is -0.0607. The summed E-state index contributed by atoms with van der Waals surface area (Å²) in [5.41, 5.74) is 11.1. The molecule has 4 atom stereocenters. The van der Waals surface area contributed by atoms with E-state index in [4.69, 9.17) is 18.9 Å². The molecule has 0 saturated carbocycles. The van der Waals surface area contributed by atoms with E-state index < -0.39 is 0 Å². The van der Waals surface area contributed by atoms with Crippen molar-refractivity contribution in [3.05, 3.63) is 142 Å². The lowest BCUT2D eigenvalue weighted by Crippen LogP contribution is -2.37. The molecule has 0 aromatic heterocycles. The van der Waals surface area contributed by atoms with E-state index in [0.717, 1.165) is 48.7 Å². The van der Waals surface area contributed by atoms with Crippen LogP contribution in [0, 0.1) is 0 Å². The Kier molecular flexibility index (Phi) is 23.9. The largest absolute Gasteiger partial charge is 0.493 e. The molecule has 80 heavy (non-hydrogen) atoms. The smallest absolute Gasteiger partial charge is 0.131 e. The zero-order valence-electron chi connectivity index (χ0n) is 50.6. The van der Waals surface area contributed by atoms with Crippen molar-refractivity contribution in [2.45, 2.75) is 257 Å². The predicted molar refractivity (Wildman–Crippen MR) is 341 cm³/mol. The number of ether oxygens (including phenoxy) is 4. The summed E-state index contributed by atoms with van der Waals surface area (Å²) in [6, 6.07) is 37.3. The molecule has 4 bridgehead atoms. The summed E-state index contributed by atoms with van der Waals surface area (Å²) < 4.78 is 30.1. The zero-order chi connectivity index (χ0) is 55.1. The van der Waals surface area contributed by atoms with Crippen molar-refractivity contribution in [2.75, 3.05) is 26.4 Å². The molecule has 0 N–H and O–H groups in total. The normalized spacial score (nSPS) is 16.6. The van der Waals surface area contributed by atoms with Crippen LogP contribution in [-0.2, 0) is 0 Å². The monoisotopic (exact) mass is 1080 g/mol. The van der Waals surface area contributed by atoms with E-state index in [1.54, 1.807) is 0 Å². The maximum atomic E-state index is 7.52. The van der Waals surface area contributed by atoms with Gasteiger partial charge in [-0.25, -0.2) is 0 Å². The van der Waals surface area contributed by atoms with Crippen LogP contribution in [0.5, 0.6) is 23.0 Å². The van der Waals surface area contributed by atoms with Crippen molar-refractivity contribution in [1.29, 1.82) is 0 Å². The zero-order valence-corrected chi connectivity index (χ0v) is 50.6. The summed E-state index contributed by atoms with van der Waals surface area (Å²) in [7, 11) is 0. The van der Waals surface area contributed by atoms with Crippen molar-refractivity contribution < 1.29 is 18.9 Å². The van der Waals surface area contributed by atoms with Crippen LogP contribution in [0.1, 0.15) is 301 Å². The lowest BCUT2D eigenvalue weighted by atomic mass is 9.52. The lowest BCUT2D eigenvalue weighted by Gasteiger charge is -2.51. The Hall–Kier alpha value is -4.96. The molecule has 0 unspecified atom stereocenters. The van der Waals surface area contributed by atoms with Gasteiger partial charge in [0.25, 0.3) is 0 Å². The second-order valence-electron chi connectivity index (χ2n) is 24.5. The maximum absolute atomic E-state index is 7.52. The van der Waals surface area contributed by atoms with Gasteiger partial charge in [-0.1, -0.05) is 305 Å². The fourth-order valence-electron chi connectivity index (χ4n) is 14.5. The number of rotatable bonds is 40. The van der Waals surface area contributed by atoms with Gasteiger partial charge in [0.05, 0.1) is 26.4 Å². The molecule has 4 nitrogen and oxygen atoms in total. The van der Waals surface area contributed by atoms with Gasteiger partial charge in [0.2, 0.25) is 0 Å². The summed E-state index contributed by atoms with van der Waals surface area (Å²) in [6.07, 6.45) is 40.7. The highest BCUT2D eigenvalue weighted by molar-refractivity contribution is 6.00. The molecule has 6 aromatic rings. The van der Waals surface area contributed by atoms with E-state index in [9.17, 15) is 0 Å². The van der Waals surface area contributed by atoms with Gasteiger partial charge in [-0.3, -0.25) is 0 Å². The van der Waals surface area contributed by atoms with Crippen LogP contribution in [0.15, 0.2) is 97.1 Å². The average molecular weight is 1080 g/mol. The molecule has 6 aromatic carbocycles. The Morgan fingerprint density at radius 3 is 0.600 bits per heavy atom. The molecule has 6 aliphatic rings. The Labute approximate surface area is 485 Å². The fourth-order valence-corrected chi connectivity index (χ4v) is 14.5. The molecule has 0 aliphatic heterocycles. The summed E-state index contributed by atoms with van der Waals surface area (Å²) >= 11 is 0. The molecule has 0 saturated heterocycles. The number of hydrogen-bond donors (Lipinski definition) is 0. The number of unbranched alkanes of at least 4 members (excludes halogenated alkanes) is 28. The third-order valence-corrected chi connectivity index (χ3v) is 18.6. The van der Waals surface area contributed by atoms with Crippen molar-refractivity contribution in [1.82, 2.24) is 0 Å². The Morgan fingerprint density at radius 1 is 0.225 bits per heavy atom. The molecule has 0 radical (unpaired) electrons. The third-order valence-electron chi connectivity index (χ3n) is 18.6. The highest BCUT2D eigenvalue weighted by Crippen LogP contribution is 2.70. The topological polar surface area (TPSA) is 36.9 Å². The van der Waals surface area contributed by atoms with Crippen molar-refractivity contribution in [3.8, 4) is 23.0 Å². The maximum Gasteiger partial charge on any atom is 0.131 e. The van der Waals surface area contributed by atoms with E-state index in [1.807, 2.05) is 0 Å². The first kappa shape index (κ1) is 59.7. The summed E-state index contributed by atoms with van der Waals surface area (Å²) in [6.45, 7) is 12.1. The molecular formula is C76H104O4. The molecule has 0 amide bonds. The summed E-state index contributed by atoms with van der Waals surface area (Å²) in [4.78, 5) is 0. The van der Waals surface area contributed by atoms with Crippen LogP contribution >= 0.6 is 0 Å². The lowest BCUT2D eigenvalue weighted by molar-refractivity contribution is 0.283. The van der Waals surface area contributed by atoms with Crippen molar-refractivity contribution >= 4 is 21.5 Å². The molecule has 0 heterocycles. The van der Waals surface area contributed by atoms with Gasteiger partial charge in [-0.2, -0.15) is 0 Å². The first-order chi connectivity index (χ1) is 39.7. The van der Waals surface area contributed by atoms with Gasteiger partial charge in [-0.05, 0) is 47.9 Å². The second-order valence-corrected chi connectivity index (χ2v) is 24.5. The predicted octanol–water partition coefficient (Wildman–Crippen LogP) is 22.9. The van der Waals surface area contributed by atoms with Gasteiger partial charge in [0.1, 0.15) is 23.0 Å².